The summed E-state index contributed by atoms with van der Waals surface area (Å²) in [6.07, 6.45) is 3.37. The Morgan fingerprint density at radius 2 is 1.53 bits per heavy atom. The second-order valence-corrected chi connectivity index (χ2v) is 8.42. The Balaban J connectivity index is 1.37. The summed E-state index contributed by atoms with van der Waals surface area (Å²) in [6, 6.07) is 27.2. The molecule has 2 heterocycles. The van der Waals surface area contributed by atoms with Gasteiger partial charge in [-0.25, -0.2) is 14.5 Å². The highest BCUT2D eigenvalue weighted by atomic mass is 19.1. The lowest BCUT2D eigenvalue weighted by molar-refractivity contribution is 0.0955. The van der Waals surface area contributed by atoms with Crippen molar-refractivity contribution in [3.63, 3.8) is 0 Å². The molecule has 0 aliphatic heterocycles. The highest BCUT2D eigenvalue weighted by Gasteiger charge is 2.12. The van der Waals surface area contributed by atoms with Crippen LogP contribution in [0.3, 0.4) is 0 Å². The van der Waals surface area contributed by atoms with Crippen molar-refractivity contribution in [1.82, 2.24) is 19.8 Å². The Morgan fingerprint density at radius 1 is 0.861 bits per heavy atom. The maximum atomic E-state index is 13.5. The minimum absolute atomic E-state index is 0.322. The fourth-order valence-corrected chi connectivity index (χ4v) is 4.09. The first-order valence-electron chi connectivity index (χ1n) is 11.5. The summed E-state index contributed by atoms with van der Waals surface area (Å²) in [7, 11) is 0. The number of hydrogen-bond donors (Lipinski definition) is 1. The summed E-state index contributed by atoms with van der Waals surface area (Å²) in [6.45, 7) is 4.09. The molecule has 1 amide bonds. The third-order valence-corrected chi connectivity index (χ3v) is 5.91. The van der Waals surface area contributed by atoms with Crippen LogP contribution in [-0.4, -0.2) is 26.5 Å². The van der Waals surface area contributed by atoms with Gasteiger partial charge < -0.3 is 4.57 Å². The fourth-order valence-electron chi connectivity index (χ4n) is 4.09. The number of carbonyl (C=O) groups is 1. The number of aromatic nitrogens is 3. The first-order chi connectivity index (χ1) is 17.5. The zero-order valence-corrected chi connectivity index (χ0v) is 19.9. The van der Waals surface area contributed by atoms with Crippen LogP contribution in [0.4, 0.5) is 4.39 Å². The van der Waals surface area contributed by atoms with E-state index in [-0.39, 0.29) is 11.7 Å². The number of carbonyl (C=O) groups excluding carboxylic acids is 1. The fraction of sp³-hybridized carbons (Fsp3) is 0.0690. The molecule has 36 heavy (non-hydrogen) atoms. The van der Waals surface area contributed by atoms with Gasteiger partial charge in [0.1, 0.15) is 11.5 Å². The van der Waals surface area contributed by atoms with Crippen molar-refractivity contribution in [3.8, 4) is 22.6 Å². The normalized spacial score (nSPS) is 11.2. The van der Waals surface area contributed by atoms with Crippen molar-refractivity contribution in [2.24, 2.45) is 5.10 Å². The van der Waals surface area contributed by atoms with E-state index in [2.05, 4.69) is 32.3 Å². The number of hydrogen-bond acceptors (Lipinski definition) is 3. The SMILES string of the molecule is Cc1ccc(C)n1-c1ccc(C(=O)N/N=C\c2cn(-c3ccccc3)nc2-c2ccc(F)cc2)cc1. The van der Waals surface area contributed by atoms with Gasteiger partial charge in [0.05, 0.1) is 11.9 Å². The average molecular weight is 478 g/mol. The first-order valence-corrected chi connectivity index (χ1v) is 11.5. The molecule has 0 saturated heterocycles. The van der Waals surface area contributed by atoms with Gasteiger partial charge in [-0.15, -0.1) is 0 Å². The van der Waals surface area contributed by atoms with Gasteiger partial charge in [0.2, 0.25) is 0 Å². The summed E-state index contributed by atoms with van der Waals surface area (Å²) in [5.41, 5.74) is 9.25. The molecule has 0 radical (unpaired) electrons. The van der Waals surface area contributed by atoms with Gasteiger partial charge in [0.15, 0.2) is 0 Å². The van der Waals surface area contributed by atoms with E-state index in [4.69, 9.17) is 0 Å². The standard InChI is InChI=1S/C29H24FN5O/c1-20-8-9-21(2)35(20)27-16-12-23(13-17-27)29(36)32-31-18-24-19-34(26-6-4-3-5-7-26)33-28(24)22-10-14-25(30)15-11-22/h3-19H,1-2H3,(H,32,36)/b31-18-. The van der Waals surface area contributed by atoms with E-state index in [1.807, 2.05) is 62.5 Å². The third kappa shape index (κ3) is 4.72. The Kier molecular flexibility index (Phi) is 6.28. The summed E-state index contributed by atoms with van der Waals surface area (Å²) in [5, 5.41) is 8.84. The van der Waals surface area contributed by atoms with Crippen LogP contribution in [0.2, 0.25) is 0 Å². The molecule has 0 unspecified atom stereocenters. The van der Waals surface area contributed by atoms with E-state index >= 15 is 0 Å². The summed E-state index contributed by atoms with van der Waals surface area (Å²) >= 11 is 0. The first kappa shape index (κ1) is 23.0. The van der Waals surface area contributed by atoms with E-state index in [1.165, 1.54) is 12.1 Å². The van der Waals surface area contributed by atoms with Crippen LogP contribution in [-0.2, 0) is 0 Å². The van der Waals surface area contributed by atoms with Gasteiger partial charge in [-0.2, -0.15) is 10.2 Å². The molecule has 5 aromatic rings. The molecule has 5 rings (SSSR count). The maximum absolute atomic E-state index is 13.5. The average Bonchev–Trinajstić information content (AvgIpc) is 3.48. The molecule has 3 aromatic carbocycles. The zero-order valence-electron chi connectivity index (χ0n) is 19.9. The van der Waals surface area contributed by atoms with Gasteiger partial charge >= 0.3 is 0 Å². The van der Waals surface area contributed by atoms with Crippen LogP contribution < -0.4 is 5.43 Å². The van der Waals surface area contributed by atoms with Crippen molar-refractivity contribution in [3.05, 3.63) is 126 Å². The molecule has 6 nitrogen and oxygen atoms in total. The van der Waals surface area contributed by atoms with Crippen LogP contribution in [0, 0.1) is 19.7 Å². The van der Waals surface area contributed by atoms with Crippen LogP contribution in [0.15, 0.2) is 102 Å². The number of rotatable bonds is 6. The zero-order chi connectivity index (χ0) is 25.1. The molecule has 0 saturated carbocycles. The Labute approximate surface area is 208 Å². The van der Waals surface area contributed by atoms with Gasteiger partial charge in [-0.05, 0) is 86.6 Å². The van der Waals surface area contributed by atoms with Crippen LogP contribution in [0.25, 0.3) is 22.6 Å². The smallest absolute Gasteiger partial charge is 0.271 e. The van der Waals surface area contributed by atoms with E-state index in [9.17, 15) is 9.18 Å². The molecule has 0 spiro atoms. The second-order valence-electron chi connectivity index (χ2n) is 8.42. The minimum Gasteiger partial charge on any atom is -0.319 e. The van der Waals surface area contributed by atoms with E-state index < -0.39 is 0 Å². The largest absolute Gasteiger partial charge is 0.319 e. The van der Waals surface area contributed by atoms with Crippen molar-refractivity contribution in [2.75, 3.05) is 0 Å². The van der Waals surface area contributed by atoms with E-state index in [0.29, 0.717) is 16.8 Å². The van der Waals surface area contributed by atoms with Gasteiger partial charge in [0.25, 0.3) is 5.91 Å². The number of nitrogens with one attached hydrogen (secondary N) is 1. The van der Waals surface area contributed by atoms with Crippen LogP contribution >= 0.6 is 0 Å². The van der Waals surface area contributed by atoms with E-state index in [0.717, 1.165) is 28.3 Å². The Bertz CT molecular complexity index is 1510. The predicted molar refractivity (Wildman–Crippen MR) is 139 cm³/mol. The maximum Gasteiger partial charge on any atom is 0.271 e. The monoisotopic (exact) mass is 477 g/mol. The van der Waals surface area contributed by atoms with Crippen molar-refractivity contribution in [1.29, 1.82) is 0 Å². The number of halogens is 1. The predicted octanol–water partition coefficient (Wildman–Crippen LogP) is 5.85. The Hall–Kier alpha value is -4.78. The number of hydrazone groups is 1. The summed E-state index contributed by atoms with van der Waals surface area (Å²) < 4.78 is 17.3. The molecule has 0 fully saturated rings. The summed E-state index contributed by atoms with van der Waals surface area (Å²) in [5.74, 6) is -0.644. The highest BCUT2D eigenvalue weighted by Crippen LogP contribution is 2.23. The van der Waals surface area contributed by atoms with Crippen LogP contribution in [0.1, 0.15) is 27.3 Å². The number of benzene rings is 3. The third-order valence-electron chi connectivity index (χ3n) is 5.91. The number of amides is 1. The van der Waals surface area contributed by atoms with Crippen molar-refractivity contribution < 1.29 is 9.18 Å². The van der Waals surface area contributed by atoms with Crippen molar-refractivity contribution >= 4 is 12.1 Å². The lowest BCUT2D eigenvalue weighted by Crippen LogP contribution is -2.17. The van der Waals surface area contributed by atoms with Gasteiger partial charge in [-0.3, -0.25) is 4.79 Å². The number of aryl methyl sites for hydroxylation is 2. The topological polar surface area (TPSA) is 64.2 Å². The van der Waals surface area contributed by atoms with E-state index in [1.54, 1.807) is 35.2 Å². The second kappa shape index (κ2) is 9.84. The van der Waals surface area contributed by atoms with Gasteiger partial charge in [-0.1, -0.05) is 18.2 Å². The summed E-state index contributed by atoms with van der Waals surface area (Å²) in [4.78, 5) is 12.7. The highest BCUT2D eigenvalue weighted by molar-refractivity contribution is 5.95. The molecule has 2 aromatic heterocycles. The molecule has 0 bridgehead atoms. The quantitative estimate of drug-likeness (QED) is 0.246. The lowest BCUT2D eigenvalue weighted by Gasteiger charge is -2.10. The van der Waals surface area contributed by atoms with Gasteiger partial charge in [0, 0.05) is 40.0 Å². The Morgan fingerprint density at radius 3 is 2.19 bits per heavy atom. The number of nitrogens with zero attached hydrogens (tertiary/aromatic N) is 4. The van der Waals surface area contributed by atoms with Crippen molar-refractivity contribution in [2.45, 2.75) is 13.8 Å². The molecule has 1 N–H and O–H groups in total. The molecule has 0 aliphatic rings. The molecular formula is C29H24FN5O. The molecule has 0 atom stereocenters. The minimum atomic E-state index is -0.322. The molecular weight excluding hydrogens is 453 g/mol. The molecule has 0 aliphatic carbocycles. The number of para-hydroxylation sites is 1. The van der Waals surface area contributed by atoms with Crippen LogP contribution in [0.5, 0.6) is 0 Å². The lowest BCUT2D eigenvalue weighted by atomic mass is 10.1. The molecule has 178 valence electrons. The molecule has 7 heteroatoms.